The summed E-state index contributed by atoms with van der Waals surface area (Å²) in [6.45, 7) is 0. The van der Waals surface area contributed by atoms with Crippen LogP contribution in [0, 0.1) is 0 Å². The van der Waals surface area contributed by atoms with Crippen LogP contribution in [-0.4, -0.2) is 34.4 Å². The van der Waals surface area contributed by atoms with Gasteiger partial charge in [-0.25, -0.2) is 4.68 Å². The Hall–Kier alpha value is -3.43. The molecule has 28 heavy (non-hydrogen) atoms. The third kappa shape index (κ3) is 2.96. The van der Waals surface area contributed by atoms with Crippen LogP contribution in [-0.2, 0) is 0 Å². The smallest absolute Gasteiger partial charge is 0.230 e. The van der Waals surface area contributed by atoms with Gasteiger partial charge in [0.05, 0.1) is 28.1 Å². The van der Waals surface area contributed by atoms with Crippen molar-refractivity contribution in [3.05, 3.63) is 59.9 Å². The summed E-state index contributed by atoms with van der Waals surface area (Å²) in [6.07, 6.45) is 3.37. The van der Waals surface area contributed by atoms with Crippen molar-refractivity contribution in [1.82, 2.24) is 29.3 Å². The summed E-state index contributed by atoms with van der Waals surface area (Å²) in [6, 6.07) is 12.9. The van der Waals surface area contributed by atoms with Gasteiger partial charge < -0.3 is 10.4 Å². The number of nitrogens with zero attached hydrogens (tertiary/aromatic N) is 5. The van der Waals surface area contributed by atoms with E-state index in [1.165, 1.54) is 17.6 Å². The van der Waals surface area contributed by atoms with Crippen molar-refractivity contribution >= 4 is 44.9 Å². The lowest BCUT2D eigenvalue weighted by atomic mass is 10.2. The van der Waals surface area contributed by atoms with E-state index in [-0.39, 0.29) is 5.88 Å². The molecule has 0 atom stereocenters. The Morgan fingerprint density at radius 3 is 2.96 bits per heavy atom. The zero-order valence-corrected chi connectivity index (χ0v) is 15.7. The molecule has 0 bridgehead atoms. The molecule has 0 aliphatic rings. The molecule has 0 saturated carbocycles. The Morgan fingerprint density at radius 1 is 1.18 bits per heavy atom. The van der Waals surface area contributed by atoms with Crippen molar-refractivity contribution in [3.8, 4) is 23.0 Å². The number of aromatic nitrogens is 6. The minimum absolute atomic E-state index is 0.0323. The molecule has 0 spiro atoms. The highest BCUT2D eigenvalue weighted by atomic mass is 35.5. The number of aromatic amines is 1. The largest absolute Gasteiger partial charge is 0.492 e. The average molecular weight is 410 g/mol. The first-order valence-corrected chi connectivity index (χ1v) is 9.40. The van der Waals surface area contributed by atoms with E-state index < -0.39 is 0 Å². The monoisotopic (exact) mass is 409 g/mol. The topological polar surface area (TPSA) is 105 Å². The molecule has 2 aromatic carbocycles. The number of rotatable bonds is 4. The second kappa shape index (κ2) is 6.63. The van der Waals surface area contributed by atoms with E-state index in [4.69, 9.17) is 11.6 Å². The van der Waals surface area contributed by atoms with Crippen molar-refractivity contribution in [3.63, 3.8) is 0 Å². The molecule has 8 nitrogen and oxygen atoms in total. The maximum atomic E-state index is 9.44. The molecule has 5 rings (SSSR count). The number of halogens is 1. The van der Waals surface area contributed by atoms with Gasteiger partial charge in [0, 0.05) is 34.7 Å². The number of nitrogens with one attached hydrogen (secondary N) is 2. The summed E-state index contributed by atoms with van der Waals surface area (Å²) >= 11 is 7.70. The molecule has 0 radical (unpaired) electrons. The molecule has 0 aliphatic heterocycles. The predicted molar refractivity (Wildman–Crippen MR) is 109 cm³/mol. The lowest BCUT2D eigenvalue weighted by molar-refractivity contribution is 0.448. The lowest BCUT2D eigenvalue weighted by Gasteiger charge is -2.05. The summed E-state index contributed by atoms with van der Waals surface area (Å²) in [5.41, 5.74) is 3.25. The maximum Gasteiger partial charge on any atom is 0.230 e. The highest BCUT2D eigenvalue weighted by Gasteiger charge is 2.12. The van der Waals surface area contributed by atoms with Crippen LogP contribution in [0.5, 0.6) is 5.88 Å². The number of H-pyrrole nitrogens is 1. The van der Waals surface area contributed by atoms with Crippen LogP contribution in [0.25, 0.3) is 28.0 Å². The normalized spacial score (nSPS) is 11.2. The molecular formula is C18H12ClN7OS. The zero-order valence-electron chi connectivity index (χ0n) is 14.2. The van der Waals surface area contributed by atoms with Gasteiger partial charge in [0.2, 0.25) is 11.0 Å². The minimum Gasteiger partial charge on any atom is -0.492 e. The fraction of sp³-hybridized carbons (Fsp3) is 0. The van der Waals surface area contributed by atoms with E-state index in [0.29, 0.717) is 16.0 Å². The number of hydrogen-bond donors (Lipinski definition) is 3. The standard InChI is InChI=1S/C18H12ClN7OS/c19-16-12-9-20-23-13(12)4-5-14(16)21-18-22-17(25-28-18)10-2-1-3-11(8-10)26-7-6-15(27)24-26/h1-9H,(H,20,23)(H,24,27)(H,21,22,25). The first-order valence-electron chi connectivity index (χ1n) is 8.25. The first-order chi connectivity index (χ1) is 13.7. The van der Waals surface area contributed by atoms with Crippen LogP contribution in [0.2, 0.25) is 5.02 Å². The van der Waals surface area contributed by atoms with Crippen LogP contribution in [0.1, 0.15) is 0 Å². The second-order valence-electron chi connectivity index (χ2n) is 5.98. The van der Waals surface area contributed by atoms with Crippen LogP contribution in [0.3, 0.4) is 0 Å². The van der Waals surface area contributed by atoms with E-state index in [1.807, 2.05) is 36.4 Å². The average Bonchev–Trinajstić information content (AvgIpc) is 3.45. The van der Waals surface area contributed by atoms with Gasteiger partial charge in [-0.15, -0.1) is 5.10 Å². The molecule has 0 saturated heterocycles. The Morgan fingerprint density at radius 2 is 2.11 bits per heavy atom. The molecule has 3 heterocycles. The summed E-state index contributed by atoms with van der Waals surface area (Å²) in [7, 11) is 0. The molecule has 5 aromatic rings. The van der Waals surface area contributed by atoms with Gasteiger partial charge in [0.15, 0.2) is 5.82 Å². The predicted octanol–water partition coefficient (Wildman–Crippen LogP) is 4.37. The van der Waals surface area contributed by atoms with E-state index >= 15 is 0 Å². The second-order valence-corrected chi connectivity index (χ2v) is 7.11. The van der Waals surface area contributed by atoms with Crippen molar-refractivity contribution in [2.75, 3.05) is 5.32 Å². The van der Waals surface area contributed by atoms with E-state index in [9.17, 15) is 5.11 Å². The molecule has 10 heteroatoms. The van der Waals surface area contributed by atoms with Gasteiger partial charge in [0.1, 0.15) is 0 Å². The fourth-order valence-corrected chi connectivity index (χ4v) is 3.69. The third-order valence-corrected chi connectivity index (χ3v) is 5.21. The molecular weight excluding hydrogens is 398 g/mol. The molecule has 3 aromatic heterocycles. The minimum atomic E-state index is -0.0323. The quantitative estimate of drug-likeness (QED) is 0.407. The van der Waals surface area contributed by atoms with Crippen molar-refractivity contribution < 1.29 is 5.11 Å². The van der Waals surface area contributed by atoms with Crippen LogP contribution >= 0.6 is 23.1 Å². The van der Waals surface area contributed by atoms with Gasteiger partial charge in [-0.3, -0.25) is 5.10 Å². The number of benzene rings is 2. The molecule has 138 valence electrons. The van der Waals surface area contributed by atoms with Crippen molar-refractivity contribution in [1.29, 1.82) is 0 Å². The summed E-state index contributed by atoms with van der Waals surface area (Å²) in [5.74, 6) is 0.557. The highest BCUT2D eigenvalue weighted by Crippen LogP contribution is 2.33. The SMILES string of the molecule is Oc1ccn(-c2cccc(-c3nsc(Nc4ccc5[nH]ncc5c4Cl)n3)c2)n1. The molecule has 0 aliphatic carbocycles. The van der Waals surface area contributed by atoms with Crippen LogP contribution in [0.4, 0.5) is 10.8 Å². The van der Waals surface area contributed by atoms with Crippen molar-refractivity contribution in [2.45, 2.75) is 0 Å². The Balaban J connectivity index is 1.44. The van der Waals surface area contributed by atoms with E-state index in [2.05, 4.69) is 30.0 Å². The van der Waals surface area contributed by atoms with E-state index in [0.717, 1.165) is 27.8 Å². The highest BCUT2D eigenvalue weighted by molar-refractivity contribution is 7.10. The molecule has 0 unspecified atom stereocenters. The number of anilines is 2. The third-order valence-electron chi connectivity index (χ3n) is 4.17. The molecule has 0 amide bonds. The van der Waals surface area contributed by atoms with E-state index in [1.54, 1.807) is 17.1 Å². The van der Waals surface area contributed by atoms with Gasteiger partial charge in [0.25, 0.3) is 0 Å². The molecule has 3 N–H and O–H groups in total. The summed E-state index contributed by atoms with van der Waals surface area (Å²) in [5, 5.41) is 25.6. The number of hydrogen-bond acceptors (Lipinski definition) is 7. The fourth-order valence-electron chi connectivity index (χ4n) is 2.83. The van der Waals surface area contributed by atoms with Crippen molar-refractivity contribution in [2.24, 2.45) is 0 Å². The molecule has 0 fully saturated rings. The maximum absolute atomic E-state index is 9.44. The Kier molecular flexibility index (Phi) is 3.96. The van der Waals surface area contributed by atoms with Gasteiger partial charge >= 0.3 is 0 Å². The van der Waals surface area contributed by atoms with Gasteiger partial charge in [-0.1, -0.05) is 23.7 Å². The zero-order chi connectivity index (χ0) is 19.1. The summed E-state index contributed by atoms with van der Waals surface area (Å²) < 4.78 is 6.02. The first kappa shape index (κ1) is 16.7. The van der Waals surface area contributed by atoms with Gasteiger partial charge in [-0.05, 0) is 24.3 Å². The lowest BCUT2D eigenvalue weighted by Crippen LogP contribution is -1.95. The Bertz CT molecular complexity index is 1290. The number of aromatic hydroxyl groups is 1. The number of fused-ring (bicyclic) bond motifs is 1. The van der Waals surface area contributed by atoms with Gasteiger partial charge in [-0.2, -0.15) is 14.5 Å². The Labute approximate surface area is 167 Å². The van der Waals surface area contributed by atoms with Crippen LogP contribution in [0.15, 0.2) is 54.9 Å². The summed E-state index contributed by atoms with van der Waals surface area (Å²) in [4.78, 5) is 4.56. The van der Waals surface area contributed by atoms with Crippen LogP contribution < -0.4 is 5.32 Å².